The van der Waals surface area contributed by atoms with Crippen LogP contribution in [0.4, 0.5) is 10.1 Å². The van der Waals surface area contributed by atoms with Gasteiger partial charge in [0.2, 0.25) is 0 Å². The van der Waals surface area contributed by atoms with Crippen LogP contribution in [-0.2, 0) is 0 Å². The van der Waals surface area contributed by atoms with E-state index >= 15 is 0 Å². The molecule has 24 heavy (non-hydrogen) atoms. The van der Waals surface area contributed by atoms with Crippen molar-refractivity contribution >= 4 is 17.5 Å². The van der Waals surface area contributed by atoms with Crippen molar-refractivity contribution in [2.75, 3.05) is 18.9 Å². The van der Waals surface area contributed by atoms with E-state index in [1.165, 1.54) is 30.5 Å². The second-order valence-corrected chi connectivity index (χ2v) is 5.44. The fraction of sp³-hybridized carbons (Fsp3) is 0.278. The number of carbonyl (C=O) groups excluding carboxylic acids is 2. The number of hydrogen-bond acceptors (Lipinski definition) is 3. The standard InChI is InChI=1S/C18H20FN3O2/c1-3-4-11-22(2)18(24)13-9-10-20-16(12-13)17(23)21-15-8-6-5-7-14(15)19/h5-10,12H,3-4,11H2,1-2H3,(H,21,23). The van der Waals surface area contributed by atoms with Gasteiger partial charge in [-0.2, -0.15) is 0 Å². The molecule has 0 fully saturated rings. The van der Waals surface area contributed by atoms with Gasteiger partial charge in [-0.05, 0) is 30.7 Å². The Balaban J connectivity index is 2.13. The average Bonchev–Trinajstić information content (AvgIpc) is 2.61. The largest absolute Gasteiger partial charge is 0.342 e. The summed E-state index contributed by atoms with van der Waals surface area (Å²) in [7, 11) is 1.72. The molecule has 1 aromatic carbocycles. The van der Waals surface area contributed by atoms with Gasteiger partial charge in [0.25, 0.3) is 11.8 Å². The Bertz CT molecular complexity index is 734. The summed E-state index contributed by atoms with van der Waals surface area (Å²) >= 11 is 0. The van der Waals surface area contributed by atoms with E-state index in [9.17, 15) is 14.0 Å². The molecule has 6 heteroatoms. The van der Waals surface area contributed by atoms with Crippen LogP contribution in [0.2, 0.25) is 0 Å². The number of nitrogens with one attached hydrogen (secondary N) is 1. The van der Waals surface area contributed by atoms with Crippen LogP contribution in [0.5, 0.6) is 0 Å². The Morgan fingerprint density at radius 3 is 2.71 bits per heavy atom. The van der Waals surface area contributed by atoms with Crippen LogP contribution in [-0.4, -0.2) is 35.3 Å². The molecule has 1 N–H and O–H groups in total. The molecular weight excluding hydrogens is 309 g/mol. The lowest BCUT2D eigenvalue weighted by molar-refractivity contribution is 0.0793. The van der Waals surface area contributed by atoms with Crippen molar-refractivity contribution in [2.24, 2.45) is 0 Å². The van der Waals surface area contributed by atoms with E-state index in [1.54, 1.807) is 24.1 Å². The topological polar surface area (TPSA) is 62.3 Å². The van der Waals surface area contributed by atoms with Gasteiger partial charge in [-0.1, -0.05) is 25.5 Å². The Labute approximate surface area is 140 Å². The van der Waals surface area contributed by atoms with Crippen molar-refractivity contribution in [1.29, 1.82) is 0 Å². The van der Waals surface area contributed by atoms with E-state index in [4.69, 9.17) is 0 Å². The van der Waals surface area contributed by atoms with Crippen LogP contribution in [0.3, 0.4) is 0 Å². The number of aromatic nitrogens is 1. The predicted molar refractivity (Wildman–Crippen MR) is 90.5 cm³/mol. The molecule has 0 aliphatic heterocycles. The summed E-state index contributed by atoms with van der Waals surface area (Å²) in [6, 6.07) is 8.85. The van der Waals surface area contributed by atoms with Gasteiger partial charge in [0.05, 0.1) is 5.69 Å². The molecule has 1 aromatic heterocycles. The molecule has 2 aromatic rings. The predicted octanol–water partition coefficient (Wildman–Crippen LogP) is 3.35. The van der Waals surface area contributed by atoms with Gasteiger partial charge in [-0.3, -0.25) is 14.6 Å². The Morgan fingerprint density at radius 2 is 2.00 bits per heavy atom. The first-order chi connectivity index (χ1) is 11.5. The van der Waals surface area contributed by atoms with E-state index < -0.39 is 11.7 Å². The number of anilines is 1. The Morgan fingerprint density at radius 1 is 1.25 bits per heavy atom. The summed E-state index contributed by atoms with van der Waals surface area (Å²) in [5.41, 5.74) is 0.511. The monoisotopic (exact) mass is 329 g/mol. The molecule has 2 rings (SSSR count). The van der Waals surface area contributed by atoms with Crippen molar-refractivity contribution in [3.8, 4) is 0 Å². The SMILES string of the molecule is CCCCN(C)C(=O)c1ccnc(C(=O)Nc2ccccc2F)c1. The van der Waals surface area contributed by atoms with Crippen LogP contribution < -0.4 is 5.32 Å². The lowest BCUT2D eigenvalue weighted by Crippen LogP contribution is -2.28. The van der Waals surface area contributed by atoms with Crippen molar-refractivity contribution < 1.29 is 14.0 Å². The maximum Gasteiger partial charge on any atom is 0.274 e. The molecule has 0 unspecified atom stereocenters. The van der Waals surface area contributed by atoms with E-state index in [0.717, 1.165) is 12.8 Å². The number of unbranched alkanes of at least 4 members (excludes halogenated alkanes) is 1. The normalized spacial score (nSPS) is 10.3. The molecule has 126 valence electrons. The highest BCUT2D eigenvalue weighted by atomic mass is 19.1. The third-order valence-corrected chi connectivity index (χ3v) is 3.56. The summed E-state index contributed by atoms with van der Waals surface area (Å²) in [5, 5.41) is 2.45. The second-order valence-electron chi connectivity index (χ2n) is 5.44. The minimum absolute atomic E-state index is 0.0630. The maximum atomic E-state index is 13.6. The molecule has 0 aliphatic rings. The van der Waals surface area contributed by atoms with Gasteiger partial charge in [-0.15, -0.1) is 0 Å². The molecule has 0 saturated carbocycles. The third-order valence-electron chi connectivity index (χ3n) is 3.56. The van der Waals surface area contributed by atoms with Crippen LogP contribution in [0.15, 0.2) is 42.6 Å². The first-order valence-electron chi connectivity index (χ1n) is 7.80. The van der Waals surface area contributed by atoms with Gasteiger partial charge in [-0.25, -0.2) is 4.39 Å². The molecule has 0 aliphatic carbocycles. The number of hydrogen-bond donors (Lipinski definition) is 1. The number of nitrogens with zero attached hydrogens (tertiary/aromatic N) is 2. The lowest BCUT2D eigenvalue weighted by atomic mass is 10.2. The number of amides is 2. The quantitative estimate of drug-likeness (QED) is 0.884. The number of rotatable bonds is 6. The zero-order valence-electron chi connectivity index (χ0n) is 13.8. The molecule has 0 atom stereocenters. The number of para-hydroxylation sites is 1. The zero-order chi connectivity index (χ0) is 17.5. The minimum Gasteiger partial charge on any atom is -0.342 e. The molecule has 1 heterocycles. The molecule has 2 amide bonds. The number of benzene rings is 1. The molecule has 0 bridgehead atoms. The summed E-state index contributed by atoms with van der Waals surface area (Å²) in [6.45, 7) is 2.70. The molecule has 0 spiro atoms. The van der Waals surface area contributed by atoms with Gasteiger partial charge >= 0.3 is 0 Å². The highest BCUT2D eigenvalue weighted by Gasteiger charge is 2.15. The van der Waals surface area contributed by atoms with Crippen LogP contribution in [0.1, 0.15) is 40.6 Å². The smallest absolute Gasteiger partial charge is 0.274 e. The van der Waals surface area contributed by atoms with Crippen molar-refractivity contribution in [1.82, 2.24) is 9.88 Å². The molecule has 0 radical (unpaired) electrons. The van der Waals surface area contributed by atoms with Crippen LogP contribution >= 0.6 is 0 Å². The zero-order valence-corrected chi connectivity index (χ0v) is 13.8. The second kappa shape index (κ2) is 8.19. The number of halogens is 1. The molecule has 0 saturated heterocycles. The summed E-state index contributed by atoms with van der Waals surface area (Å²) in [4.78, 5) is 30.1. The van der Waals surface area contributed by atoms with E-state index in [-0.39, 0.29) is 17.3 Å². The highest BCUT2D eigenvalue weighted by Crippen LogP contribution is 2.14. The fourth-order valence-corrected chi connectivity index (χ4v) is 2.15. The third kappa shape index (κ3) is 4.38. The maximum absolute atomic E-state index is 13.6. The van der Waals surface area contributed by atoms with Crippen LogP contribution in [0, 0.1) is 5.82 Å². The Hall–Kier alpha value is -2.76. The van der Waals surface area contributed by atoms with E-state index in [2.05, 4.69) is 17.2 Å². The van der Waals surface area contributed by atoms with E-state index in [1.807, 2.05) is 0 Å². The fourth-order valence-electron chi connectivity index (χ4n) is 2.15. The van der Waals surface area contributed by atoms with Gasteiger partial charge in [0.1, 0.15) is 11.5 Å². The van der Waals surface area contributed by atoms with Crippen LogP contribution in [0.25, 0.3) is 0 Å². The lowest BCUT2D eigenvalue weighted by Gasteiger charge is -2.17. The molecule has 5 nitrogen and oxygen atoms in total. The Kier molecular flexibility index (Phi) is 6.01. The summed E-state index contributed by atoms with van der Waals surface area (Å²) in [5.74, 6) is -1.27. The van der Waals surface area contributed by atoms with E-state index in [0.29, 0.717) is 12.1 Å². The highest BCUT2D eigenvalue weighted by molar-refractivity contribution is 6.04. The summed E-state index contributed by atoms with van der Waals surface area (Å²) < 4.78 is 13.6. The summed E-state index contributed by atoms with van der Waals surface area (Å²) in [6.07, 6.45) is 3.30. The van der Waals surface area contributed by atoms with Crippen molar-refractivity contribution in [3.05, 3.63) is 59.7 Å². The molecular formula is C18H20FN3O2. The number of pyridine rings is 1. The van der Waals surface area contributed by atoms with Gasteiger partial charge in [0.15, 0.2) is 0 Å². The van der Waals surface area contributed by atoms with Crippen molar-refractivity contribution in [3.63, 3.8) is 0 Å². The number of carbonyl (C=O) groups is 2. The first kappa shape index (κ1) is 17.6. The van der Waals surface area contributed by atoms with Gasteiger partial charge in [0, 0.05) is 25.4 Å². The van der Waals surface area contributed by atoms with Crippen molar-refractivity contribution in [2.45, 2.75) is 19.8 Å². The van der Waals surface area contributed by atoms with Gasteiger partial charge < -0.3 is 10.2 Å². The average molecular weight is 329 g/mol. The minimum atomic E-state index is -0.564. The first-order valence-corrected chi connectivity index (χ1v) is 7.80.